The number of thioether (sulfide) groups is 1. The number of esters is 1. The van der Waals surface area contributed by atoms with Crippen LogP contribution in [0.3, 0.4) is 0 Å². The largest absolute Gasteiger partial charge is 0.462 e. The standard InChI is InChI=1S/C22H20N4O3S/c1-3-29-21(28)15-9-10-18-17(11-15)19(27)12-16(23-18)13-30-22-25-24-20(26(22)2)14-7-5-4-6-8-14/h4-12H,3,13H2,1-2H3,(H,23,27). The number of benzene rings is 2. The third-order valence-corrected chi connectivity index (χ3v) is 5.69. The zero-order chi connectivity index (χ0) is 21.1. The van der Waals surface area contributed by atoms with E-state index in [1.165, 1.54) is 11.8 Å². The van der Waals surface area contributed by atoms with Crippen LogP contribution in [0.5, 0.6) is 0 Å². The molecule has 0 radical (unpaired) electrons. The fraction of sp³-hybridized carbons (Fsp3) is 0.182. The van der Waals surface area contributed by atoms with Crippen molar-refractivity contribution in [1.29, 1.82) is 0 Å². The van der Waals surface area contributed by atoms with E-state index in [1.807, 2.05) is 41.9 Å². The van der Waals surface area contributed by atoms with Gasteiger partial charge in [-0.15, -0.1) is 10.2 Å². The van der Waals surface area contributed by atoms with E-state index in [2.05, 4.69) is 15.2 Å². The minimum absolute atomic E-state index is 0.145. The van der Waals surface area contributed by atoms with Gasteiger partial charge in [-0.2, -0.15) is 0 Å². The Hall–Kier alpha value is -3.39. The molecule has 1 N–H and O–H groups in total. The van der Waals surface area contributed by atoms with Gasteiger partial charge < -0.3 is 14.3 Å². The first-order valence-corrected chi connectivity index (χ1v) is 10.5. The number of hydrogen-bond donors (Lipinski definition) is 1. The van der Waals surface area contributed by atoms with Crippen LogP contribution < -0.4 is 5.43 Å². The lowest BCUT2D eigenvalue weighted by atomic mass is 10.1. The maximum absolute atomic E-state index is 12.6. The number of rotatable bonds is 6. The van der Waals surface area contributed by atoms with Gasteiger partial charge in [-0.1, -0.05) is 42.1 Å². The highest BCUT2D eigenvalue weighted by molar-refractivity contribution is 7.98. The van der Waals surface area contributed by atoms with Gasteiger partial charge in [0, 0.05) is 41.0 Å². The van der Waals surface area contributed by atoms with Crippen LogP contribution in [0.15, 0.2) is 64.5 Å². The summed E-state index contributed by atoms with van der Waals surface area (Å²) in [5.41, 5.74) is 2.66. The Kier molecular flexibility index (Phi) is 5.67. The Morgan fingerprint density at radius 3 is 2.70 bits per heavy atom. The molecule has 4 aromatic rings. The van der Waals surface area contributed by atoms with Crippen molar-refractivity contribution in [2.24, 2.45) is 7.05 Å². The summed E-state index contributed by atoms with van der Waals surface area (Å²) in [5.74, 6) is 0.887. The van der Waals surface area contributed by atoms with Crippen molar-refractivity contribution in [1.82, 2.24) is 19.7 Å². The second-order valence-electron chi connectivity index (χ2n) is 6.66. The van der Waals surface area contributed by atoms with E-state index in [0.717, 1.165) is 22.2 Å². The van der Waals surface area contributed by atoms with Crippen molar-refractivity contribution in [3.8, 4) is 11.4 Å². The Morgan fingerprint density at radius 2 is 1.93 bits per heavy atom. The molecule has 8 heteroatoms. The van der Waals surface area contributed by atoms with Gasteiger partial charge >= 0.3 is 5.97 Å². The zero-order valence-electron chi connectivity index (χ0n) is 16.6. The van der Waals surface area contributed by atoms with E-state index >= 15 is 0 Å². The molecule has 0 fully saturated rings. The molecule has 30 heavy (non-hydrogen) atoms. The average molecular weight is 420 g/mol. The molecule has 0 aliphatic rings. The van der Waals surface area contributed by atoms with Gasteiger partial charge in [0.1, 0.15) is 0 Å². The van der Waals surface area contributed by atoms with Crippen molar-refractivity contribution < 1.29 is 9.53 Å². The van der Waals surface area contributed by atoms with Crippen LogP contribution in [0.1, 0.15) is 23.0 Å². The van der Waals surface area contributed by atoms with Gasteiger partial charge in [0.25, 0.3) is 0 Å². The minimum Gasteiger partial charge on any atom is -0.462 e. The van der Waals surface area contributed by atoms with Gasteiger partial charge in [-0.3, -0.25) is 4.79 Å². The Balaban J connectivity index is 1.55. The molecular formula is C22H20N4O3S. The summed E-state index contributed by atoms with van der Waals surface area (Å²) in [6, 6.07) is 16.4. The summed E-state index contributed by atoms with van der Waals surface area (Å²) >= 11 is 1.49. The predicted octanol–water partition coefficient (Wildman–Crippen LogP) is 3.79. The molecule has 0 aliphatic carbocycles. The number of hydrogen-bond acceptors (Lipinski definition) is 6. The van der Waals surface area contributed by atoms with Crippen LogP contribution in [0, 0.1) is 0 Å². The van der Waals surface area contributed by atoms with Crippen molar-refractivity contribution >= 4 is 28.6 Å². The first-order valence-electron chi connectivity index (χ1n) is 9.47. The molecule has 0 amide bonds. The Bertz CT molecular complexity index is 1260. The van der Waals surface area contributed by atoms with Crippen LogP contribution in [0.4, 0.5) is 0 Å². The SMILES string of the molecule is CCOC(=O)c1ccc2[nH]c(CSc3nnc(-c4ccccc4)n3C)cc(=O)c2c1. The van der Waals surface area contributed by atoms with E-state index in [0.29, 0.717) is 22.2 Å². The number of nitrogens with zero attached hydrogens (tertiary/aromatic N) is 3. The molecule has 0 bridgehead atoms. The number of carbonyl (C=O) groups excluding carboxylic acids is 1. The number of aromatic nitrogens is 4. The van der Waals surface area contributed by atoms with Crippen LogP contribution >= 0.6 is 11.8 Å². The number of pyridine rings is 1. The number of aromatic amines is 1. The van der Waals surface area contributed by atoms with Crippen molar-refractivity contribution in [3.05, 3.63) is 76.1 Å². The summed E-state index contributed by atoms with van der Waals surface area (Å²) < 4.78 is 6.94. The summed E-state index contributed by atoms with van der Waals surface area (Å²) in [5, 5.41) is 9.77. The lowest BCUT2D eigenvalue weighted by Gasteiger charge is -2.07. The van der Waals surface area contributed by atoms with Crippen molar-refractivity contribution in [2.75, 3.05) is 6.61 Å². The van der Waals surface area contributed by atoms with Crippen molar-refractivity contribution in [2.45, 2.75) is 17.8 Å². The molecule has 2 aromatic heterocycles. The highest BCUT2D eigenvalue weighted by Gasteiger charge is 2.13. The van der Waals surface area contributed by atoms with E-state index < -0.39 is 5.97 Å². The first kappa shape index (κ1) is 19.9. The third kappa shape index (κ3) is 3.99. The Labute approximate surface area is 177 Å². The van der Waals surface area contributed by atoms with Crippen LogP contribution in [0.25, 0.3) is 22.3 Å². The second-order valence-corrected chi connectivity index (χ2v) is 7.60. The molecule has 0 spiro atoms. The number of fused-ring (bicyclic) bond motifs is 1. The first-order chi connectivity index (χ1) is 14.6. The molecule has 0 saturated heterocycles. The number of nitrogens with one attached hydrogen (secondary N) is 1. The topological polar surface area (TPSA) is 89.9 Å². The van der Waals surface area contributed by atoms with Crippen LogP contribution in [-0.2, 0) is 17.5 Å². The second kappa shape index (κ2) is 8.54. The lowest BCUT2D eigenvalue weighted by Crippen LogP contribution is -2.08. The molecule has 0 unspecified atom stereocenters. The van der Waals surface area contributed by atoms with Crippen LogP contribution in [-0.4, -0.2) is 32.3 Å². The van der Waals surface area contributed by atoms with Gasteiger partial charge in [-0.25, -0.2) is 4.79 Å². The molecule has 2 heterocycles. The quantitative estimate of drug-likeness (QED) is 0.377. The zero-order valence-corrected chi connectivity index (χ0v) is 17.4. The fourth-order valence-corrected chi connectivity index (χ4v) is 3.96. The molecule has 2 aromatic carbocycles. The molecule has 0 atom stereocenters. The predicted molar refractivity (Wildman–Crippen MR) is 117 cm³/mol. The van der Waals surface area contributed by atoms with E-state index in [4.69, 9.17) is 4.74 Å². The van der Waals surface area contributed by atoms with E-state index in [1.54, 1.807) is 31.2 Å². The summed E-state index contributed by atoms with van der Waals surface area (Å²) in [7, 11) is 1.92. The average Bonchev–Trinajstić information content (AvgIpc) is 3.13. The minimum atomic E-state index is -0.435. The van der Waals surface area contributed by atoms with Gasteiger partial charge in [-0.05, 0) is 25.1 Å². The highest BCUT2D eigenvalue weighted by atomic mass is 32.2. The summed E-state index contributed by atoms with van der Waals surface area (Å²) in [6.07, 6.45) is 0. The Morgan fingerprint density at radius 1 is 1.13 bits per heavy atom. The monoisotopic (exact) mass is 420 g/mol. The molecule has 4 rings (SSSR count). The third-order valence-electron chi connectivity index (χ3n) is 4.62. The van der Waals surface area contributed by atoms with E-state index in [-0.39, 0.29) is 12.0 Å². The van der Waals surface area contributed by atoms with Crippen LogP contribution in [0.2, 0.25) is 0 Å². The number of carbonyl (C=O) groups is 1. The van der Waals surface area contributed by atoms with E-state index in [9.17, 15) is 9.59 Å². The molecule has 0 aliphatic heterocycles. The molecule has 152 valence electrons. The van der Waals surface area contributed by atoms with Gasteiger partial charge in [0.15, 0.2) is 16.4 Å². The fourth-order valence-electron chi connectivity index (χ4n) is 3.14. The molecular weight excluding hydrogens is 400 g/mol. The lowest BCUT2D eigenvalue weighted by molar-refractivity contribution is 0.0526. The maximum Gasteiger partial charge on any atom is 0.338 e. The smallest absolute Gasteiger partial charge is 0.338 e. The highest BCUT2D eigenvalue weighted by Crippen LogP contribution is 2.25. The normalized spacial score (nSPS) is 11.0. The summed E-state index contributed by atoms with van der Waals surface area (Å²) in [4.78, 5) is 27.8. The van der Waals surface area contributed by atoms with Gasteiger partial charge in [0.2, 0.25) is 0 Å². The number of H-pyrrole nitrogens is 1. The molecule has 0 saturated carbocycles. The summed E-state index contributed by atoms with van der Waals surface area (Å²) in [6.45, 7) is 2.03. The number of ether oxygens (including phenoxy) is 1. The molecule has 7 nitrogen and oxygen atoms in total. The van der Waals surface area contributed by atoms with Crippen molar-refractivity contribution in [3.63, 3.8) is 0 Å². The van der Waals surface area contributed by atoms with Gasteiger partial charge in [0.05, 0.1) is 12.2 Å². The maximum atomic E-state index is 12.6.